The summed E-state index contributed by atoms with van der Waals surface area (Å²) in [5.74, 6) is 0.739. The molecule has 0 spiro atoms. The third kappa shape index (κ3) is 3.57. The van der Waals surface area contributed by atoms with Crippen molar-refractivity contribution in [2.24, 2.45) is 0 Å². The van der Waals surface area contributed by atoms with Gasteiger partial charge in [0.1, 0.15) is 5.82 Å². The first-order valence-electron chi connectivity index (χ1n) is 9.91. The van der Waals surface area contributed by atoms with Crippen molar-refractivity contribution < 1.29 is 4.79 Å². The zero-order valence-corrected chi connectivity index (χ0v) is 17.8. The Morgan fingerprint density at radius 1 is 1.06 bits per heavy atom. The molecule has 0 fully saturated rings. The number of rotatable bonds is 3. The van der Waals surface area contributed by atoms with Gasteiger partial charge in [0.05, 0.1) is 17.6 Å². The van der Waals surface area contributed by atoms with E-state index >= 15 is 0 Å². The van der Waals surface area contributed by atoms with Crippen LogP contribution in [0.15, 0.2) is 54.7 Å². The van der Waals surface area contributed by atoms with E-state index in [1.165, 1.54) is 5.56 Å². The number of aryl methyl sites for hydroxylation is 2. The molecule has 154 valence electrons. The van der Waals surface area contributed by atoms with Gasteiger partial charge in [-0.25, -0.2) is 4.98 Å². The lowest BCUT2D eigenvalue weighted by atomic mass is 9.85. The molecule has 0 saturated carbocycles. The van der Waals surface area contributed by atoms with Gasteiger partial charge in [-0.15, -0.1) is 5.10 Å². The molecule has 3 heterocycles. The van der Waals surface area contributed by atoms with Gasteiger partial charge in [0, 0.05) is 28.5 Å². The Bertz CT molecular complexity index is 1280. The average molecular weight is 431 g/mol. The topological polar surface area (TPSA) is 85.6 Å². The van der Waals surface area contributed by atoms with Crippen LogP contribution in [0.5, 0.6) is 0 Å². The summed E-state index contributed by atoms with van der Waals surface area (Å²) >= 11 is 5.99. The van der Waals surface area contributed by atoms with Crippen LogP contribution < -0.4 is 5.32 Å². The first kappa shape index (κ1) is 19.4. The van der Waals surface area contributed by atoms with Crippen LogP contribution in [0, 0.1) is 13.8 Å². The van der Waals surface area contributed by atoms with Crippen molar-refractivity contribution in [1.82, 2.24) is 25.0 Å². The lowest BCUT2D eigenvalue weighted by Crippen LogP contribution is -2.25. The molecule has 2 aromatic carbocycles. The summed E-state index contributed by atoms with van der Waals surface area (Å²) in [4.78, 5) is 17.2. The Balaban J connectivity index is 1.60. The Labute approximate surface area is 184 Å². The fraction of sp³-hybridized carbons (Fsp3) is 0.174. The number of halogens is 1. The van der Waals surface area contributed by atoms with E-state index in [2.05, 4.69) is 49.9 Å². The number of carbonyl (C=O) groups is 1. The van der Waals surface area contributed by atoms with E-state index in [0.29, 0.717) is 28.9 Å². The lowest BCUT2D eigenvalue weighted by Gasteiger charge is -2.24. The first-order chi connectivity index (χ1) is 15.0. The molecule has 2 aromatic heterocycles. The smallest absolute Gasteiger partial charge is 0.272 e. The van der Waals surface area contributed by atoms with Crippen molar-refractivity contribution in [3.05, 3.63) is 82.1 Å². The highest BCUT2D eigenvalue weighted by Gasteiger charge is 2.33. The summed E-state index contributed by atoms with van der Waals surface area (Å²) in [6, 6.07) is 15.6. The number of hydrogen-bond donors (Lipinski definition) is 1. The van der Waals surface area contributed by atoms with Crippen molar-refractivity contribution in [2.75, 3.05) is 5.32 Å². The number of aromatic nitrogens is 5. The van der Waals surface area contributed by atoms with Crippen molar-refractivity contribution in [3.63, 3.8) is 0 Å². The second-order valence-corrected chi connectivity index (χ2v) is 8.06. The van der Waals surface area contributed by atoms with Gasteiger partial charge < -0.3 is 5.32 Å². The van der Waals surface area contributed by atoms with Crippen LogP contribution in [0.4, 0.5) is 5.82 Å². The molecule has 4 aromatic rings. The standard InChI is InChI=1S/C23H19ClN6O/c1-13-3-5-15(6-4-13)18-11-20(31)27-22-21(18)14(2)29-30(22)23-26-19(12-25-28-23)16-7-9-17(24)10-8-16/h3-10,12,18H,11H2,1-2H3,(H,27,31). The number of hydrogen-bond acceptors (Lipinski definition) is 5. The summed E-state index contributed by atoms with van der Waals surface area (Å²) in [5.41, 5.74) is 5.55. The van der Waals surface area contributed by atoms with Gasteiger partial charge >= 0.3 is 0 Å². The Morgan fingerprint density at radius 3 is 2.55 bits per heavy atom. The largest absolute Gasteiger partial charge is 0.310 e. The number of anilines is 1. The predicted octanol–water partition coefficient (Wildman–Crippen LogP) is 4.47. The van der Waals surface area contributed by atoms with Gasteiger partial charge in [0.15, 0.2) is 0 Å². The van der Waals surface area contributed by atoms with Crippen LogP contribution in [0.1, 0.15) is 34.7 Å². The predicted molar refractivity (Wildman–Crippen MR) is 118 cm³/mol. The number of nitrogens with zero attached hydrogens (tertiary/aromatic N) is 5. The maximum absolute atomic E-state index is 12.6. The van der Waals surface area contributed by atoms with Gasteiger partial charge in [-0.2, -0.15) is 14.9 Å². The number of fused-ring (bicyclic) bond motifs is 1. The molecule has 1 unspecified atom stereocenters. The molecule has 0 bridgehead atoms. The van der Waals surface area contributed by atoms with E-state index in [0.717, 1.165) is 22.4 Å². The molecule has 0 radical (unpaired) electrons. The highest BCUT2D eigenvalue weighted by atomic mass is 35.5. The molecule has 1 atom stereocenters. The van der Waals surface area contributed by atoms with Crippen LogP contribution in [0.2, 0.25) is 5.02 Å². The van der Waals surface area contributed by atoms with E-state index in [-0.39, 0.29) is 11.8 Å². The number of benzene rings is 2. The van der Waals surface area contributed by atoms with Crippen molar-refractivity contribution >= 4 is 23.3 Å². The molecule has 0 saturated heterocycles. The third-order valence-corrected chi connectivity index (χ3v) is 5.71. The molecule has 1 aliphatic heterocycles. The van der Waals surface area contributed by atoms with Crippen LogP contribution in [0.25, 0.3) is 17.2 Å². The van der Waals surface area contributed by atoms with Crippen LogP contribution in [0.3, 0.4) is 0 Å². The minimum absolute atomic E-state index is 0.0685. The molecule has 8 heteroatoms. The molecule has 1 aliphatic rings. The molecular formula is C23H19ClN6O. The Hall–Kier alpha value is -3.58. The maximum Gasteiger partial charge on any atom is 0.272 e. The van der Waals surface area contributed by atoms with E-state index in [1.807, 2.05) is 26.0 Å². The fourth-order valence-electron chi connectivity index (χ4n) is 3.92. The van der Waals surface area contributed by atoms with Gasteiger partial charge in [0.2, 0.25) is 5.91 Å². The summed E-state index contributed by atoms with van der Waals surface area (Å²) in [5, 5.41) is 16.5. The molecule has 31 heavy (non-hydrogen) atoms. The summed E-state index contributed by atoms with van der Waals surface area (Å²) in [7, 11) is 0. The lowest BCUT2D eigenvalue weighted by molar-refractivity contribution is -0.116. The van der Waals surface area contributed by atoms with E-state index in [1.54, 1.807) is 23.0 Å². The monoisotopic (exact) mass is 430 g/mol. The number of carbonyl (C=O) groups excluding carboxylic acids is 1. The summed E-state index contributed by atoms with van der Waals surface area (Å²) in [6.45, 7) is 3.98. The van der Waals surface area contributed by atoms with Crippen LogP contribution >= 0.6 is 11.6 Å². The molecular weight excluding hydrogens is 412 g/mol. The SMILES string of the molecule is Cc1ccc(C2CC(=O)Nc3c2c(C)nn3-c2nncc(-c3ccc(Cl)cc3)n2)cc1. The zero-order valence-electron chi connectivity index (χ0n) is 17.0. The Kier molecular flexibility index (Phi) is 4.75. The number of amides is 1. The highest BCUT2D eigenvalue weighted by Crippen LogP contribution is 2.40. The third-order valence-electron chi connectivity index (χ3n) is 5.46. The minimum Gasteiger partial charge on any atom is -0.310 e. The van der Waals surface area contributed by atoms with Crippen molar-refractivity contribution in [1.29, 1.82) is 0 Å². The van der Waals surface area contributed by atoms with Crippen LogP contribution in [-0.4, -0.2) is 30.9 Å². The molecule has 7 nitrogen and oxygen atoms in total. The van der Waals surface area contributed by atoms with Gasteiger partial charge in [-0.1, -0.05) is 53.6 Å². The molecule has 1 amide bonds. The van der Waals surface area contributed by atoms with Gasteiger partial charge in [-0.05, 0) is 31.5 Å². The van der Waals surface area contributed by atoms with E-state index in [9.17, 15) is 4.79 Å². The molecule has 1 N–H and O–H groups in total. The normalized spacial score (nSPS) is 15.5. The summed E-state index contributed by atoms with van der Waals surface area (Å²) < 4.78 is 1.56. The fourth-order valence-corrected chi connectivity index (χ4v) is 4.04. The van der Waals surface area contributed by atoms with Crippen molar-refractivity contribution in [3.8, 4) is 17.2 Å². The molecule has 0 aliphatic carbocycles. The second-order valence-electron chi connectivity index (χ2n) is 7.62. The number of nitrogens with one attached hydrogen (secondary N) is 1. The van der Waals surface area contributed by atoms with Crippen molar-refractivity contribution in [2.45, 2.75) is 26.2 Å². The second kappa shape index (κ2) is 7.59. The summed E-state index contributed by atoms with van der Waals surface area (Å²) in [6.07, 6.45) is 1.95. The Morgan fingerprint density at radius 2 is 1.81 bits per heavy atom. The van der Waals surface area contributed by atoms with E-state index in [4.69, 9.17) is 11.6 Å². The van der Waals surface area contributed by atoms with Gasteiger partial charge in [-0.3, -0.25) is 4.79 Å². The van der Waals surface area contributed by atoms with Crippen LogP contribution in [-0.2, 0) is 4.79 Å². The minimum atomic E-state index is -0.0782. The first-order valence-corrected chi connectivity index (χ1v) is 10.3. The molecule has 5 rings (SSSR count). The quantitative estimate of drug-likeness (QED) is 0.518. The maximum atomic E-state index is 12.6. The van der Waals surface area contributed by atoms with Gasteiger partial charge in [0.25, 0.3) is 5.95 Å². The zero-order chi connectivity index (χ0) is 21.5. The highest BCUT2D eigenvalue weighted by molar-refractivity contribution is 6.30. The van der Waals surface area contributed by atoms with E-state index < -0.39 is 0 Å². The average Bonchev–Trinajstić information content (AvgIpc) is 3.10.